The van der Waals surface area contributed by atoms with E-state index in [1.165, 1.54) is 27.4 Å². The smallest absolute Gasteiger partial charge is 0.281 e. The van der Waals surface area contributed by atoms with E-state index in [9.17, 15) is 9.90 Å². The Balaban J connectivity index is 2.47. The molecule has 0 saturated heterocycles. The second-order valence-electron chi connectivity index (χ2n) is 4.66. The van der Waals surface area contributed by atoms with Crippen LogP contribution in [0.15, 0.2) is 26.7 Å². The van der Waals surface area contributed by atoms with E-state index in [2.05, 4.69) is 10.2 Å². The third kappa shape index (κ3) is 4.44. The lowest BCUT2D eigenvalue weighted by molar-refractivity contribution is -0.298. The van der Waals surface area contributed by atoms with Gasteiger partial charge in [-0.15, -0.1) is 10.2 Å². The molecule has 0 fully saturated rings. The van der Waals surface area contributed by atoms with Crippen molar-refractivity contribution in [2.75, 3.05) is 21.3 Å². The van der Waals surface area contributed by atoms with Gasteiger partial charge in [-0.1, -0.05) is 6.92 Å². The first-order valence-electron chi connectivity index (χ1n) is 7.25. The summed E-state index contributed by atoms with van der Waals surface area (Å²) in [6.07, 6.45) is 1.92. The number of benzene rings is 1. The van der Waals surface area contributed by atoms with E-state index in [0.717, 1.165) is 11.8 Å². The number of carbonyl (C=O) groups is 1. The van der Waals surface area contributed by atoms with Gasteiger partial charge in [0.2, 0.25) is 5.89 Å². The number of carbonyl (C=O) groups excluding carboxylic acids is 1. The van der Waals surface area contributed by atoms with Crippen LogP contribution in [0.5, 0.6) is 17.2 Å². The van der Waals surface area contributed by atoms with Crippen molar-refractivity contribution >= 4 is 23.8 Å². The molecule has 0 aliphatic heterocycles. The van der Waals surface area contributed by atoms with Gasteiger partial charge in [0, 0.05) is 23.5 Å². The van der Waals surface area contributed by atoms with Crippen LogP contribution in [0.25, 0.3) is 6.08 Å². The number of aliphatic carboxylic acids is 1. The first-order chi connectivity index (χ1) is 12.0. The summed E-state index contributed by atoms with van der Waals surface area (Å²) in [4.78, 5) is 11.4. The van der Waals surface area contributed by atoms with Crippen LogP contribution >= 0.6 is 11.8 Å². The number of aryl methyl sites for hydroxylation is 1. The largest absolute Gasteiger partial charge is 0.544 e. The first kappa shape index (κ1) is 18.7. The summed E-state index contributed by atoms with van der Waals surface area (Å²) in [5.74, 6) is 0.310. The molecule has 0 amide bonds. The van der Waals surface area contributed by atoms with Crippen molar-refractivity contribution in [3.05, 3.63) is 28.5 Å². The molecule has 1 heterocycles. The molecule has 25 heavy (non-hydrogen) atoms. The Morgan fingerprint density at radius 1 is 1.20 bits per heavy atom. The highest BCUT2D eigenvalue weighted by Gasteiger charge is 2.15. The molecule has 0 bridgehead atoms. The highest BCUT2D eigenvalue weighted by Crippen LogP contribution is 2.37. The summed E-state index contributed by atoms with van der Waals surface area (Å²) in [6, 6.07) is 3.24. The van der Waals surface area contributed by atoms with E-state index in [0.29, 0.717) is 35.1 Å². The normalized spacial score (nSPS) is 11.3. The predicted octanol–water partition coefficient (Wildman–Crippen LogP) is 1.54. The molecule has 1 aromatic carbocycles. The third-order valence-corrected chi connectivity index (χ3v) is 4.02. The van der Waals surface area contributed by atoms with Gasteiger partial charge in [0.05, 0.1) is 32.9 Å². The standard InChI is InChI=1S/C16H18N2O6S/c1-5-14-17-18-16(24-14)25-13(15(19)20)8-10-11(22-3)6-9(21-2)7-12(10)23-4/h6-8H,5H2,1-4H3,(H,19,20)/p-1/b13-8-. The van der Waals surface area contributed by atoms with E-state index in [1.807, 2.05) is 6.92 Å². The maximum atomic E-state index is 11.5. The van der Waals surface area contributed by atoms with Gasteiger partial charge >= 0.3 is 0 Å². The molecule has 0 N–H and O–H groups in total. The zero-order valence-electron chi connectivity index (χ0n) is 14.2. The number of rotatable bonds is 8. The summed E-state index contributed by atoms with van der Waals surface area (Å²) in [5.41, 5.74) is 0.424. The molecule has 0 aliphatic carbocycles. The van der Waals surface area contributed by atoms with E-state index in [-0.39, 0.29) is 10.1 Å². The minimum Gasteiger partial charge on any atom is -0.544 e. The number of aromatic nitrogens is 2. The van der Waals surface area contributed by atoms with Gasteiger partial charge < -0.3 is 28.5 Å². The fourth-order valence-electron chi connectivity index (χ4n) is 1.95. The summed E-state index contributed by atoms with van der Waals surface area (Å²) < 4.78 is 21.1. The number of ether oxygens (including phenoxy) is 3. The number of nitrogens with zero attached hydrogens (tertiary/aromatic N) is 2. The Bertz CT molecular complexity index is 762. The summed E-state index contributed by atoms with van der Waals surface area (Å²) in [6.45, 7) is 1.85. The Morgan fingerprint density at radius 3 is 2.28 bits per heavy atom. The quantitative estimate of drug-likeness (QED) is 0.508. The molecule has 0 spiro atoms. The van der Waals surface area contributed by atoms with Gasteiger partial charge in [0.15, 0.2) is 0 Å². The average molecular weight is 365 g/mol. The molecule has 2 aromatic rings. The van der Waals surface area contributed by atoms with E-state index >= 15 is 0 Å². The van der Waals surface area contributed by atoms with E-state index in [1.54, 1.807) is 12.1 Å². The number of hydrogen-bond acceptors (Lipinski definition) is 9. The van der Waals surface area contributed by atoms with E-state index < -0.39 is 5.97 Å². The van der Waals surface area contributed by atoms with Gasteiger partial charge in [-0.2, -0.15) is 0 Å². The van der Waals surface area contributed by atoms with Crippen molar-refractivity contribution in [2.45, 2.75) is 18.6 Å². The lowest BCUT2D eigenvalue weighted by atomic mass is 10.1. The van der Waals surface area contributed by atoms with Crippen LogP contribution in [0.4, 0.5) is 0 Å². The van der Waals surface area contributed by atoms with Crippen LogP contribution in [-0.2, 0) is 11.2 Å². The molecule has 8 nitrogen and oxygen atoms in total. The van der Waals surface area contributed by atoms with Crippen LogP contribution in [0.1, 0.15) is 18.4 Å². The van der Waals surface area contributed by atoms with Crippen LogP contribution in [-0.4, -0.2) is 37.5 Å². The lowest BCUT2D eigenvalue weighted by Gasteiger charge is -2.14. The topological polar surface area (TPSA) is 107 Å². The minimum atomic E-state index is -1.39. The van der Waals surface area contributed by atoms with Gasteiger partial charge in [0.1, 0.15) is 17.2 Å². The maximum Gasteiger partial charge on any atom is 0.281 e. The molecular weight excluding hydrogens is 348 g/mol. The Kier molecular flexibility index (Phi) is 6.29. The van der Waals surface area contributed by atoms with Crippen molar-refractivity contribution < 1.29 is 28.5 Å². The zero-order valence-corrected chi connectivity index (χ0v) is 15.0. The van der Waals surface area contributed by atoms with Crippen LogP contribution in [0.2, 0.25) is 0 Å². The zero-order chi connectivity index (χ0) is 18.4. The number of carboxylic acids is 1. The lowest BCUT2D eigenvalue weighted by Crippen LogP contribution is -2.23. The molecule has 134 valence electrons. The van der Waals surface area contributed by atoms with Crippen LogP contribution in [0, 0.1) is 0 Å². The van der Waals surface area contributed by atoms with Crippen LogP contribution in [0.3, 0.4) is 0 Å². The third-order valence-electron chi connectivity index (χ3n) is 3.18. The Morgan fingerprint density at radius 2 is 1.84 bits per heavy atom. The van der Waals surface area contributed by atoms with Gasteiger partial charge in [-0.05, 0) is 17.8 Å². The Labute approximate surface area is 148 Å². The molecule has 0 unspecified atom stereocenters. The van der Waals surface area contributed by atoms with Crippen LogP contribution < -0.4 is 19.3 Å². The molecule has 0 atom stereocenters. The number of carboxylic acid groups (broad SMARTS) is 1. The van der Waals surface area contributed by atoms with Gasteiger partial charge in [-0.3, -0.25) is 0 Å². The monoisotopic (exact) mass is 365 g/mol. The molecule has 1 aromatic heterocycles. The van der Waals surface area contributed by atoms with Gasteiger partial charge in [0.25, 0.3) is 5.22 Å². The number of hydrogen-bond donors (Lipinski definition) is 0. The summed E-state index contributed by atoms with van der Waals surface area (Å²) >= 11 is 0.793. The number of methoxy groups -OCH3 is 3. The second kappa shape index (κ2) is 8.43. The minimum absolute atomic E-state index is 0.110. The molecule has 0 radical (unpaired) electrons. The molecule has 0 aliphatic rings. The molecule has 9 heteroatoms. The molecular formula is C16H17N2O6S-. The van der Waals surface area contributed by atoms with Crippen molar-refractivity contribution in [1.29, 1.82) is 0 Å². The van der Waals surface area contributed by atoms with Gasteiger partial charge in [-0.25, -0.2) is 0 Å². The second-order valence-corrected chi connectivity index (χ2v) is 5.65. The van der Waals surface area contributed by atoms with Crippen molar-refractivity contribution in [1.82, 2.24) is 10.2 Å². The summed E-state index contributed by atoms with van der Waals surface area (Å²) in [7, 11) is 4.43. The number of thioether (sulfide) groups is 1. The highest BCUT2D eigenvalue weighted by molar-refractivity contribution is 8.03. The maximum absolute atomic E-state index is 11.5. The SMILES string of the molecule is CCc1nnc(S/C(=C\c2c(OC)cc(OC)cc2OC)C(=O)[O-])o1. The highest BCUT2D eigenvalue weighted by atomic mass is 32.2. The van der Waals surface area contributed by atoms with E-state index in [4.69, 9.17) is 18.6 Å². The van der Waals surface area contributed by atoms with Crippen molar-refractivity contribution in [3.8, 4) is 17.2 Å². The molecule has 2 rings (SSSR count). The fraction of sp³-hybridized carbons (Fsp3) is 0.312. The van der Waals surface area contributed by atoms with Crippen molar-refractivity contribution in [2.24, 2.45) is 0 Å². The molecule has 0 saturated carbocycles. The van der Waals surface area contributed by atoms with Crippen molar-refractivity contribution in [3.63, 3.8) is 0 Å². The average Bonchev–Trinajstić information content (AvgIpc) is 3.08. The Hall–Kier alpha value is -2.68. The first-order valence-corrected chi connectivity index (χ1v) is 8.07. The fourth-order valence-corrected chi connectivity index (χ4v) is 2.62. The predicted molar refractivity (Wildman–Crippen MR) is 88.6 cm³/mol. The summed E-state index contributed by atoms with van der Waals surface area (Å²) in [5, 5.41) is 19.2.